The molecule has 206 valence electrons. The lowest BCUT2D eigenvalue weighted by Crippen LogP contribution is -2.21. The first-order valence-corrected chi connectivity index (χ1v) is 12.5. The van der Waals surface area contributed by atoms with Gasteiger partial charge in [-0.15, -0.1) is 0 Å². The number of anilines is 3. The largest absolute Gasteiger partial charge is 0.490 e. The molecular weight excluding hydrogens is 554 g/mol. The summed E-state index contributed by atoms with van der Waals surface area (Å²) in [6, 6.07) is 16.4. The van der Waals surface area contributed by atoms with Gasteiger partial charge in [-0.25, -0.2) is 18.2 Å². The number of nitrogens with one attached hydrogen (secondary N) is 2. The van der Waals surface area contributed by atoms with Crippen LogP contribution < -0.4 is 10.0 Å². The SMILES string of the molecule is CS(=O)(=O)Nc1ccc(-c2cnc3cccc(Nc4ccc(C(F)(F)F)cn4)c3c2)cc1.O=C(O)C(F)(F)F. The van der Waals surface area contributed by atoms with E-state index in [0.717, 1.165) is 35.0 Å². The van der Waals surface area contributed by atoms with Gasteiger partial charge < -0.3 is 10.4 Å². The maximum absolute atomic E-state index is 12.8. The molecule has 2 aromatic heterocycles. The van der Waals surface area contributed by atoms with Crippen molar-refractivity contribution in [2.24, 2.45) is 0 Å². The summed E-state index contributed by atoms with van der Waals surface area (Å²) in [5.41, 5.74) is 2.57. The van der Waals surface area contributed by atoms with Crippen molar-refractivity contribution in [3.05, 3.63) is 78.6 Å². The van der Waals surface area contributed by atoms with E-state index >= 15 is 0 Å². The molecule has 8 nitrogen and oxygen atoms in total. The summed E-state index contributed by atoms with van der Waals surface area (Å²) in [7, 11) is -3.37. The lowest BCUT2D eigenvalue weighted by molar-refractivity contribution is -0.192. The first-order valence-electron chi connectivity index (χ1n) is 10.6. The van der Waals surface area contributed by atoms with Gasteiger partial charge in [-0.3, -0.25) is 9.71 Å². The lowest BCUT2D eigenvalue weighted by atomic mass is 10.0. The van der Waals surface area contributed by atoms with Crippen LogP contribution in [0.4, 0.5) is 43.5 Å². The summed E-state index contributed by atoms with van der Waals surface area (Å²) in [5, 5.41) is 10.9. The Balaban J connectivity index is 0.000000532. The average Bonchev–Trinajstić information content (AvgIpc) is 2.83. The first-order chi connectivity index (χ1) is 18.0. The number of alkyl halides is 6. The highest BCUT2D eigenvalue weighted by atomic mass is 32.2. The van der Waals surface area contributed by atoms with E-state index in [1.807, 2.05) is 12.1 Å². The van der Waals surface area contributed by atoms with Crippen molar-refractivity contribution >= 4 is 44.1 Å². The van der Waals surface area contributed by atoms with Gasteiger partial charge in [-0.2, -0.15) is 26.3 Å². The van der Waals surface area contributed by atoms with E-state index in [9.17, 15) is 34.8 Å². The maximum atomic E-state index is 12.8. The number of rotatable bonds is 5. The molecule has 0 amide bonds. The number of pyridine rings is 2. The van der Waals surface area contributed by atoms with Gasteiger partial charge in [0.05, 0.1) is 17.3 Å². The number of aromatic nitrogens is 2. The number of nitrogens with zero attached hydrogens (tertiary/aromatic N) is 2. The summed E-state index contributed by atoms with van der Waals surface area (Å²) in [4.78, 5) is 17.2. The van der Waals surface area contributed by atoms with Crippen LogP contribution in [0.15, 0.2) is 73.1 Å². The summed E-state index contributed by atoms with van der Waals surface area (Å²) in [5.74, 6) is -2.49. The molecule has 39 heavy (non-hydrogen) atoms. The van der Waals surface area contributed by atoms with Crippen molar-refractivity contribution in [2.75, 3.05) is 16.3 Å². The number of carboxylic acid groups (broad SMARTS) is 1. The molecule has 0 aliphatic heterocycles. The van der Waals surface area contributed by atoms with Crippen molar-refractivity contribution in [2.45, 2.75) is 12.4 Å². The number of carbonyl (C=O) groups is 1. The van der Waals surface area contributed by atoms with Gasteiger partial charge in [-0.05, 0) is 48.0 Å². The minimum absolute atomic E-state index is 0.270. The number of aliphatic carboxylic acids is 1. The number of hydrogen-bond acceptors (Lipinski definition) is 6. The highest BCUT2D eigenvalue weighted by molar-refractivity contribution is 7.92. The van der Waals surface area contributed by atoms with Gasteiger partial charge >= 0.3 is 18.3 Å². The Bertz CT molecular complexity index is 1570. The lowest BCUT2D eigenvalue weighted by Gasteiger charge is -2.12. The summed E-state index contributed by atoms with van der Waals surface area (Å²) in [6.45, 7) is 0. The third kappa shape index (κ3) is 8.29. The van der Waals surface area contributed by atoms with E-state index in [2.05, 4.69) is 20.0 Å². The molecule has 0 bridgehead atoms. The molecule has 4 rings (SSSR count). The van der Waals surface area contributed by atoms with Crippen LogP contribution in [0.2, 0.25) is 0 Å². The molecule has 2 heterocycles. The molecule has 3 N–H and O–H groups in total. The minimum Gasteiger partial charge on any atom is -0.475 e. The molecule has 4 aromatic rings. The Labute approximate surface area is 217 Å². The minimum atomic E-state index is -5.08. The molecule has 0 fully saturated rings. The van der Waals surface area contributed by atoms with Gasteiger partial charge in [0.1, 0.15) is 5.82 Å². The summed E-state index contributed by atoms with van der Waals surface area (Å²) >= 11 is 0. The fraction of sp³-hybridized carbons (Fsp3) is 0.125. The van der Waals surface area contributed by atoms with E-state index in [1.165, 1.54) is 6.07 Å². The number of sulfonamides is 1. The molecule has 0 spiro atoms. The maximum Gasteiger partial charge on any atom is 0.490 e. The van der Waals surface area contributed by atoms with Crippen LogP contribution in [0.25, 0.3) is 22.0 Å². The molecule has 0 aliphatic rings. The van der Waals surface area contributed by atoms with E-state index in [4.69, 9.17) is 9.90 Å². The molecule has 0 unspecified atom stereocenters. The summed E-state index contributed by atoms with van der Waals surface area (Å²) < 4.78 is 95.2. The van der Waals surface area contributed by atoms with Gasteiger partial charge in [0.25, 0.3) is 0 Å². The van der Waals surface area contributed by atoms with Gasteiger partial charge in [0, 0.05) is 34.7 Å². The molecular formula is C24H18F6N4O4S. The number of carboxylic acids is 1. The summed E-state index contributed by atoms with van der Waals surface area (Å²) in [6.07, 6.45) is -5.98. The number of halogens is 6. The monoisotopic (exact) mass is 572 g/mol. The van der Waals surface area contributed by atoms with Crippen molar-refractivity contribution < 1.29 is 44.7 Å². The first kappa shape index (κ1) is 29.2. The number of hydrogen-bond donors (Lipinski definition) is 3. The van der Waals surface area contributed by atoms with E-state index in [-0.39, 0.29) is 5.82 Å². The van der Waals surface area contributed by atoms with E-state index < -0.39 is 33.9 Å². The van der Waals surface area contributed by atoms with Crippen LogP contribution in [0, 0.1) is 0 Å². The Hall–Kier alpha value is -4.40. The molecule has 0 atom stereocenters. The van der Waals surface area contributed by atoms with Gasteiger partial charge in [-0.1, -0.05) is 18.2 Å². The van der Waals surface area contributed by atoms with Crippen LogP contribution in [0.5, 0.6) is 0 Å². The fourth-order valence-electron chi connectivity index (χ4n) is 3.13. The van der Waals surface area contributed by atoms with Crippen LogP contribution in [-0.4, -0.2) is 41.9 Å². The fourth-order valence-corrected chi connectivity index (χ4v) is 3.70. The van der Waals surface area contributed by atoms with E-state index in [1.54, 1.807) is 42.6 Å². The standard InChI is InChI=1S/C22H17F3N4O2S.C2HF3O2/c1-32(30,31)29-17-8-5-14(6-9-17)15-11-18-19(26-12-15)3-2-4-20(18)28-21-10-7-16(13-27-21)22(23,24)25;3-2(4,5)1(6)7/h2-13,29H,1H3,(H,27,28);(H,6,7). The van der Waals surface area contributed by atoms with Crippen LogP contribution in [0.3, 0.4) is 0 Å². The smallest absolute Gasteiger partial charge is 0.475 e. The molecule has 0 saturated carbocycles. The Morgan fingerprint density at radius 1 is 0.872 bits per heavy atom. The van der Waals surface area contributed by atoms with E-state index in [0.29, 0.717) is 16.9 Å². The Kier molecular flexibility index (Phi) is 8.33. The third-order valence-electron chi connectivity index (χ3n) is 4.84. The highest BCUT2D eigenvalue weighted by Gasteiger charge is 2.38. The van der Waals surface area contributed by atoms with Gasteiger partial charge in [0.2, 0.25) is 10.0 Å². The second kappa shape index (κ2) is 11.1. The van der Waals surface area contributed by atoms with Crippen molar-refractivity contribution in [3.63, 3.8) is 0 Å². The normalized spacial score (nSPS) is 11.9. The molecule has 15 heteroatoms. The van der Waals surface area contributed by atoms with Crippen LogP contribution in [0.1, 0.15) is 5.56 Å². The molecule has 0 saturated heterocycles. The zero-order valence-corrected chi connectivity index (χ0v) is 20.5. The number of benzene rings is 2. The average molecular weight is 572 g/mol. The quantitative estimate of drug-likeness (QED) is 0.249. The molecule has 0 radical (unpaired) electrons. The van der Waals surface area contributed by atoms with Crippen LogP contribution in [-0.2, 0) is 21.0 Å². The zero-order chi connectivity index (χ0) is 29.0. The topological polar surface area (TPSA) is 121 Å². The predicted octanol–water partition coefficient (Wildman–Crippen LogP) is 6.06. The van der Waals surface area contributed by atoms with Gasteiger partial charge in [0.15, 0.2) is 0 Å². The molecule has 2 aromatic carbocycles. The second-order valence-corrected chi connectivity index (χ2v) is 9.65. The Morgan fingerprint density at radius 3 is 2.03 bits per heavy atom. The number of fused-ring (bicyclic) bond motifs is 1. The predicted molar refractivity (Wildman–Crippen MR) is 132 cm³/mol. The van der Waals surface area contributed by atoms with Crippen molar-refractivity contribution in [1.82, 2.24) is 9.97 Å². The second-order valence-electron chi connectivity index (χ2n) is 7.91. The zero-order valence-electron chi connectivity index (χ0n) is 19.7. The van der Waals surface area contributed by atoms with Crippen LogP contribution >= 0.6 is 0 Å². The molecule has 0 aliphatic carbocycles. The highest BCUT2D eigenvalue weighted by Crippen LogP contribution is 2.32. The van der Waals surface area contributed by atoms with Crippen molar-refractivity contribution in [3.8, 4) is 11.1 Å². The third-order valence-corrected chi connectivity index (χ3v) is 5.45. The van der Waals surface area contributed by atoms with Crippen molar-refractivity contribution in [1.29, 1.82) is 0 Å². The Morgan fingerprint density at radius 2 is 1.51 bits per heavy atom.